The van der Waals surface area contributed by atoms with E-state index in [1.165, 1.54) is 24.8 Å². The number of pyridine rings is 1. The highest BCUT2D eigenvalue weighted by Gasteiger charge is 2.34. The second kappa shape index (κ2) is 5.61. The molecule has 17 heavy (non-hydrogen) atoms. The lowest BCUT2D eigenvalue weighted by Crippen LogP contribution is -2.41. The van der Waals surface area contributed by atoms with Crippen LogP contribution in [0.15, 0.2) is 24.5 Å². The van der Waals surface area contributed by atoms with Gasteiger partial charge in [0.1, 0.15) is 0 Å². The van der Waals surface area contributed by atoms with Gasteiger partial charge in [-0.05, 0) is 43.9 Å². The fraction of sp³-hybridized carbons (Fsp3) is 0.643. The summed E-state index contributed by atoms with van der Waals surface area (Å²) in [5.41, 5.74) is 7.30. The van der Waals surface area contributed by atoms with Crippen molar-refractivity contribution in [3.63, 3.8) is 0 Å². The highest BCUT2D eigenvalue weighted by molar-refractivity contribution is 5.17. The van der Waals surface area contributed by atoms with Crippen molar-refractivity contribution >= 4 is 0 Å². The molecule has 1 aromatic rings. The molecule has 0 aromatic carbocycles. The fourth-order valence-electron chi connectivity index (χ4n) is 3.08. The van der Waals surface area contributed by atoms with Crippen LogP contribution in [0, 0.1) is 0 Å². The molecule has 2 N–H and O–H groups in total. The molecular formula is C14H23N3. The summed E-state index contributed by atoms with van der Waals surface area (Å²) in [7, 11) is 0. The zero-order chi connectivity index (χ0) is 12.3. The molecule has 1 saturated heterocycles. The standard InChI is InChI=1S/C14H23N3/c1-3-13-5-4-11(2)17(13)14(10-15)12-6-8-16-9-7-12/h6-9,11,13-14H,3-5,10,15H2,1-2H3. The molecule has 1 aliphatic heterocycles. The Balaban J connectivity index is 2.23. The molecule has 3 unspecified atom stereocenters. The maximum atomic E-state index is 6.00. The van der Waals surface area contributed by atoms with E-state index >= 15 is 0 Å². The van der Waals surface area contributed by atoms with Crippen LogP contribution in [0.2, 0.25) is 0 Å². The molecule has 3 heteroatoms. The summed E-state index contributed by atoms with van der Waals surface area (Å²) >= 11 is 0. The first-order valence-corrected chi connectivity index (χ1v) is 6.65. The number of hydrogen-bond donors (Lipinski definition) is 1. The minimum Gasteiger partial charge on any atom is -0.329 e. The lowest BCUT2D eigenvalue weighted by Gasteiger charge is -2.35. The summed E-state index contributed by atoms with van der Waals surface area (Å²) in [6.45, 7) is 5.28. The van der Waals surface area contributed by atoms with E-state index in [0.29, 0.717) is 24.7 Å². The van der Waals surface area contributed by atoms with Gasteiger partial charge in [-0.25, -0.2) is 0 Å². The largest absolute Gasteiger partial charge is 0.329 e. The minimum absolute atomic E-state index is 0.348. The van der Waals surface area contributed by atoms with Crippen molar-refractivity contribution in [1.29, 1.82) is 0 Å². The molecule has 94 valence electrons. The summed E-state index contributed by atoms with van der Waals surface area (Å²) in [5, 5.41) is 0. The topological polar surface area (TPSA) is 42.1 Å². The van der Waals surface area contributed by atoms with Gasteiger partial charge < -0.3 is 5.73 Å². The Morgan fingerprint density at radius 2 is 2.12 bits per heavy atom. The smallest absolute Gasteiger partial charge is 0.0477 e. The summed E-state index contributed by atoms with van der Waals surface area (Å²) in [6.07, 6.45) is 7.53. The Morgan fingerprint density at radius 1 is 1.41 bits per heavy atom. The maximum Gasteiger partial charge on any atom is 0.0477 e. The molecule has 3 atom stereocenters. The van der Waals surface area contributed by atoms with E-state index in [2.05, 4.69) is 35.9 Å². The molecule has 0 amide bonds. The van der Waals surface area contributed by atoms with Crippen molar-refractivity contribution in [2.45, 2.75) is 51.2 Å². The van der Waals surface area contributed by atoms with Crippen molar-refractivity contribution in [3.8, 4) is 0 Å². The summed E-state index contributed by atoms with van der Waals surface area (Å²) in [4.78, 5) is 6.69. The maximum absolute atomic E-state index is 6.00. The predicted molar refractivity (Wildman–Crippen MR) is 70.6 cm³/mol. The Labute approximate surface area is 104 Å². The van der Waals surface area contributed by atoms with Gasteiger partial charge in [-0.15, -0.1) is 0 Å². The molecule has 2 rings (SSSR count). The minimum atomic E-state index is 0.348. The van der Waals surface area contributed by atoms with Gasteiger partial charge in [0.25, 0.3) is 0 Å². The molecule has 1 aliphatic rings. The Bertz CT molecular complexity index is 339. The van der Waals surface area contributed by atoms with Gasteiger partial charge in [0.15, 0.2) is 0 Å². The SMILES string of the molecule is CCC1CCC(C)N1C(CN)c1ccncc1. The third-order valence-corrected chi connectivity index (χ3v) is 3.99. The summed E-state index contributed by atoms with van der Waals surface area (Å²) in [6, 6.07) is 5.86. The van der Waals surface area contributed by atoms with Crippen LogP contribution >= 0.6 is 0 Å². The zero-order valence-corrected chi connectivity index (χ0v) is 10.8. The van der Waals surface area contributed by atoms with Crippen LogP contribution in [-0.4, -0.2) is 28.5 Å². The number of likely N-dealkylation sites (tertiary alicyclic amines) is 1. The van der Waals surface area contributed by atoms with E-state index in [1.54, 1.807) is 0 Å². The predicted octanol–water partition coefficient (Wildman–Crippen LogP) is 2.34. The molecule has 0 radical (unpaired) electrons. The van der Waals surface area contributed by atoms with Crippen LogP contribution in [0.5, 0.6) is 0 Å². The third-order valence-electron chi connectivity index (χ3n) is 3.99. The molecule has 0 saturated carbocycles. The highest BCUT2D eigenvalue weighted by Crippen LogP contribution is 2.34. The van der Waals surface area contributed by atoms with E-state index in [4.69, 9.17) is 5.73 Å². The van der Waals surface area contributed by atoms with E-state index in [1.807, 2.05) is 12.4 Å². The number of hydrogen-bond acceptors (Lipinski definition) is 3. The van der Waals surface area contributed by atoms with Gasteiger partial charge in [-0.3, -0.25) is 9.88 Å². The monoisotopic (exact) mass is 233 g/mol. The summed E-state index contributed by atoms with van der Waals surface area (Å²) in [5.74, 6) is 0. The van der Waals surface area contributed by atoms with Crippen molar-refractivity contribution < 1.29 is 0 Å². The van der Waals surface area contributed by atoms with Crippen molar-refractivity contribution in [2.75, 3.05) is 6.54 Å². The van der Waals surface area contributed by atoms with Crippen molar-refractivity contribution in [2.24, 2.45) is 5.73 Å². The third kappa shape index (κ3) is 2.50. The molecule has 0 spiro atoms. The van der Waals surface area contributed by atoms with E-state index in [0.717, 1.165) is 0 Å². The average Bonchev–Trinajstić information content (AvgIpc) is 2.74. The van der Waals surface area contributed by atoms with Crippen LogP contribution in [-0.2, 0) is 0 Å². The lowest BCUT2D eigenvalue weighted by atomic mass is 10.0. The Hall–Kier alpha value is -0.930. The molecule has 1 aromatic heterocycles. The summed E-state index contributed by atoms with van der Waals surface area (Å²) < 4.78 is 0. The van der Waals surface area contributed by atoms with E-state index in [-0.39, 0.29) is 0 Å². The van der Waals surface area contributed by atoms with Gasteiger partial charge in [-0.2, -0.15) is 0 Å². The second-order valence-corrected chi connectivity index (χ2v) is 4.97. The van der Waals surface area contributed by atoms with Crippen LogP contribution in [0.3, 0.4) is 0 Å². The van der Waals surface area contributed by atoms with Crippen LogP contribution in [0.4, 0.5) is 0 Å². The normalized spacial score (nSPS) is 27.2. The number of aromatic nitrogens is 1. The van der Waals surface area contributed by atoms with Gasteiger partial charge >= 0.3 is 0 Å². The number of nitrogens with two attached hydrogens (primary N) is 1. The van der Waals surface area contributed by atoms with Crippen molar-refractivity contribution in [1.82, 2.24) is 9.88 Å². The average molecular weight is 233 g/mol. The number of nitrogens with zero attached hydrogens (tertiary/aromatic N) is 2. The first-order chi connectivity index (χ1) is 8.27. The van der Waals surface area contributed by atoms with Crippen LogP contribution in [0.25, 0.3) is 0 Å². The van der Waals surface area contributed by atoms with Gasteiger partial charge in [0.05, 0.1) is 0 Å². The van der Waals surface area contributed by atoms with Gasteiger partial charge in [0, 0.05) is 37.1 Å². The molecular weight excluding hydrogens is 210 g/mol. The van der Waals surface area contributed by atoms with Crippen LogP contribution in [0.1, 0.15) is 44.7 Å². The molecule has 0 aliphatic carbocycles. The molecule has 0 bridgehead atoms. The van der Waals surface area contributed by atoms with Gasteiger partial charge in [0.2, 0.25) is 0 Å². The number of rotatable bonds is 4. The second-order valence-electron chi connectivity index (χ2n) is 4.97. The van der Waals surface area contributed by atoms with Crippen LogP contribution < -0.4 is 5.73 Å². The van der Waals surface area contributed by atoms with Crippen molar-refractivity contribution in [3.05, 3.63) is 30.1 Å². The first-order valence-electron chi connectivity index (χ1n) is 6.65. The molecule has 1 fully saturated rings. The lowest BCUT2D eigenvalue weighted by molar-refractivity contribution is 0.137. The van der Waals surface area contributed by atoms with E-state index < -0.39 is 0 Å². The fourth-order valence-corrected chi connectivity index (χ4v) is 3.08. The Morgan fingerprint density at radius 3 is 2.71 bits per heavy atom. The van der Waals surface area contributed by atoms with E-state index in [9.17, 15) is 0 Å². The first kappa shape index (κ1) is 12.5. The zero-order valence-electron chi connectivity index (χ0n) is 10.8. The highest BCUT2D eigenvalue weighted by atomic mass is 15.2. The quantitative estimate of drug-likeness (QED) is 0.868. The molecule has 3 nitrogen and oxygen atoms in total. The van der Waals surface area contributed by atoms with Gasteiger partial charge in [-0.1, -0.05) is 6.92 Å². The Kier molecular flexibility index (Phi) is 4.13. The molecule has 2 heterocycles.